The van der Waals surface area contributed by atoms with E-state index in [2.05, 4.69) is 0 Å². The Morgan fingerprint density at radius 2 is 2.10 bits per heavy atom. The summed E-state index contributed by atoms with van der Waals surface area (Å²) in [5, 5.41) is 1.99. The van der Waals surface area contributed by atoms with Gasteiger partial charge in [0.2, 0.25) is 10.0 Å². The monoisotopic (exact) mass is 311 g/mol. The minimum atomic E-state index is -3.56. The van der Waals surface area contributed by atoms with Crippen LogP contribution in [0.5, 0.6) is 0 Å². The minimum Gasteiger partial charge on any atom is -0.207 e. The number of thiophene rings is 1. The lowest BCUT2D eigenvalue weighted by Crippen LogP contribution is -2.35. The van der Waals surface area contributed by atoms with Crippen molar-refractivity contribution in [2.24, 2.45) is 0 Å². The fourth-order valence-electron chi connectivity index (χ4n) is 2.47. The van der Waals surface area contributed by atoms with E-state index < -0.39 is 15.8 Å². The molecule has 1 aliphatic rings. The molecule has 1 aliphatic heterocycles. The molecule has 1 aromatic heterocycles. The molecule has 0 bridgehead atoms. The lowest BCUT2D eigenvalue weighted by atomic mass is 10.1. The van der Waals surface area contributed by atoms with E-state index in [1.165, 1.54) is 27.4 Å². The molecule has 2 heterocycles. The van der Waals surface area contributed by atoms with Gasteiger partial charge >= 0.3 is 0 Å². The number of hydrogen-bond acceptors (Lipinski definition) is 3. The standard InChI is InChI=1S/C14H14FNO2S2/c1-10-8-12(15)2-3-14(10)20(17,18)16-6-4-13-11(9-16)5-7-19-13/h2-3,5,7-8H,4,6,9H2,1H3. The van der Waals surface area contributed by atoms with Crippen molar-refractivity contribution in [3.8, 4) is 0 Å². The van der Waals surface area contributed by atoms with E-state index in [1.807, 2.05) is 11.4 Å². The number of rotatable bonds is 2. The van der Waals surface area contributed by atoms with Gasteiger partial charge in [-0.15, -0.1) is 11.3 Å². The van der Waals surface area contributed by atoms with Gasteiger partial charge in [0.1, 0.15) is 5.82 Å². The number of fused-ring (bicyclic) bond motifs is 1. The van der Waals surface area contributed by atoms with Gasteiger partial charge < -0.3 is 0 Å². The molecule has 0 N–H and O–H groups in total. The van der Waals surface area contributed by atoms with Crippen LogP contribution >= 0.6 is 11.3 Å². The third-order valence-electron chi connectivity index (χ3n) is 3.53. The van der Waals surface area contributed by atoms with E-state index in [4.69, 9.17) is 0 Å². The van der Waals surface area contributed by atoms with Crippen LogP contribution in [0.4, 0.5) is 4.39 Å². The Bertz CT molecular complexity index is 752. The van der Waals surface area contributed by atoms with Crippen molar-refractivity contribution in [1.29, 1.82) is 0 Å². The highest BCUT2D eigenvalue weighted by atomic mass is 32.2. The number of sulfonamides is 1. The van der Waals surface area contributed by atoms with Gasteiger partial charge in [-0.05, 0) is 54.1 Å². The normalized spacial score (nSPS) is 16.1. The van der Waals surface area contributed by atoms with Crippen LogP contribution in [0.2, 0.25) is 0 Å². The molecule has 0 saturated carbocycles. The fraction of sp³-hybridized carbons (Fsp3) is 0.286. The maximum atomic E-state index is 13.1. The zero-order chi connectivity index (χ0) is 14.3. The number of nitrogens with zero attached hydrogens (tertiary/aromatic N) is 1. The number of halogens is 1. The first-order chi connectivity index (χ1) is 9.48. The van der Waals surface area contributed by atoms with Crippen molar-refractivity contribution in [1.82, 2.24) is 4.31 Å². The molecule has 106 valence electrons. The Morgan fingerprint density at radius 3 is 2.85 bits per heavy atom. The van der Waals surface area contributed by atoms with Gasteiger partial charge in [-0.25, -0.2) is 12.8 Å². The molecule has 1 aromatic carbocycles. The zero-order valence-electron chi connectivity index (χ0n) is 11.0. The first-order valence-corrected chi connectivity index (χ1v) is 8.62. The summed E-state index contributed by atoms with van der Waals surface area (Å²) >= 11 is 1.67. The summed E-state index contributed by atoms with van der Waals surface area (Å²) < 4.78 is 39.9. The molecule has 6 heteroatoms. The van der Waals surface area contributed by atoms with Gasteiger partial charge in [-0.1, -0.05) is 0 Å². The molecule has 3 rings (SSSR count). The van der Waals surface area contributed by atoms with Crippen LogP contribution in [0.15, 0.2) is 34.5 Å². The van der Waals surface area contributed by atoms with Crippen molar-refractivity contribution in [2.75, 3.05) is 6.54 Å². The predicted octanol–water partition coefficient (Wildman–Crippen LogP) is 2.94. The van der Waals surface area contributed by atoms with Crippen LogP contribution in [0.3, 0.4) is 0 Å². The number of benzene rings is 1. The van der Waals surface area contributed by atoms with Gasteiger partial charge in [0.25, 0.3) is 0 Å². The molecule has 20 heavy (non-hydrogen) atoms. The van der Waals surface area contributed by atoms with E-state index in [-0.39, 0.29) is 4.90 Å². The van der Waals surface area contributed by atoms with Gasteiger partial charge in [0.15, 0.2) is 0 Å². The topological polar surface area (TPSA) is 37.4 Å². The van der Waals surface area contributed by atoms with Crippen molar-refractivity contribution in [3.05, 3.63) is 51.5 Å². The summed E-state index contributed by atoms with van der Waals surface area (Å²) in [6.07, 6.45) is 0.743. The number of aryl methyl sites for hydroxylation is 1. The third-order valence-corrected chi connectivity index (χ3v) is 6.56. The van der Waals surface area contributed by atoms with Crippen LogP contribution in [0.25, 0.3) is 0 Å². The summed E-state index contributed by atoms with van der Waals surface area (Å²) in [5.74, 6) is -0.416. The largest absolute Gasteiger partial charge is 0.243 e. The van der Waals surface area contributed by atoms with Crippen LogP contribution in [0.1, 0.15) is 16.0 Å². The van der Waals surface area contributed by atoms with E-state index >= 15 is 0 Å². The summed E-state index contributed by atoms with van der Waals surface area (Å²) in [4.78, 5) is 1.45. The molecule has 2 aromatic rings. The summed E-state index contributed by atoms with van der Waals surface area (Å²) in [6, 6.07) is 5.77. The van der Waals surface area contributed by atoms with Crippen LogP contribution < -0.4 is 0 Å². The highest BCUT2D eigenvalue weighted by Gasteiger charge is 2.29. The second kappa shape index (κ2) is 4.95. The van der Waals surface area contributed by atoms with Crippen molar-refractivity contribution in [2.45, 2.75) is 24.8 Å². The summed E-state index contributed by atoms with van der Waals surface area (Å²) in [7, 11) is -3.56. The van der Waals surface area contributed by atoms with Crippen LogP contribution in [-0.2, 0) is 23.0 Å². The Morgan fingerprint density at radius 1 is 1.30 bits per heavy atom. The zero-order valence-corrected chi connectivity index (χ0v) is 12.6. The Hall–Kier alpha value is -1.24. The molecule has 0 radical (unpaired) electrons. The Labute approximate surface area is 121 Å². The SMILES string of the molecule is Cc1cc(F)ccc1S(=O)(=O)N1CCc2sccc2C1. The van der Waals surface area contributed by atoms with Gasteiger partial charge in [-0.3, -0.25) is 0 Å². The first-order valence-electron chi connectivity index (χ1n) is 6.30. The van der Waals surface area contributed by atoms with Crippen molar-refractivity contribution in [3.63, 3.8) is 0 Å². The van der Waals surface area contributed by atoms with E-state index in [0.717, 1.165) is 12.0 Å². The maximum Gasteiger partial charge on any atom is 0.243 e. The molecular weight excluding hydrogens is 297 g/mol. The molecule has 0 saturated heterocycles. The third kappa shape index (κ3) is 2.28. The number of hydrogen-bond donors (Lipinski definition) is 0. The fourth-order valence-corrected chi connectivity index (χ4v) is 4.98. The molecule has 0 amide bonds. The smallest absolute Gasteiger partial charge is 0.207 e. The van der Waals surface area contributed by atoms with Crippen molar-refractivity contribution >= 4 is 21.4 Å². The molecule has 0 atom stereocenters. The lowest BCUT2D eigenvalue weighted by Gasteiger charge is -2.26. The second-order valence-electron chi connectivity index (χ2n) is 4.87. The average Bonchev–Trinajstić information content (AvgIpc) is 2.85. The van der Waals surface area contributed by atoms with Gasteiger partial charge in [0.05, 0.1) is 4.90 Å². The highest BCUT2D eigenvalue weighted by Crippen LogP contribution is 2.29. The molecule has 0 spiro atoms. The Kier molecular flexibility index (Phi) is 3.40. The predicted molar refractivity (Wildman–Crippen MR) is 76.8 cm³/mol. The summed E-state index contributed by atoms with van der Waals surface area (Å²) in [6.45, 7) is 2.50. The molecular formula is C14H14FNO2S2. The van der Waals surface area contributed by atoms with E-state index in [1.54, 1.807) is 18.3 Å². The quantitative estimate of drug-likeness (QED) is 0.855. The molecule has 0 unspecified atom stereocenters. The van der Waals surface area contributed by atoms with E-state index in [0.29, 0.717) is 18.7 Å². The lowest BCUT2D eigenvalue weighted by molar-refractivity contribution is 0.394. The maximum absolute atomic E-state index is 13.1. The molecule has 0 aliphatic carbocycles. The highest BCUT2D eigenvalue weighted by molar-refractivity contribution is 7.89. The average molecular weight is 311 g/mol. The van der Waals surface area contributed by atoms with Gasteiger partial charge in [0, 0.05) is 18.0 Å². The first kappa shape index (κ1) is 13.7. The summed E-state index contributed by atoms with van der Waals surface area (Å²) in [5.41, 5.74) is 1.52. The van der Waals surface area contributed by atoms with Crippen molar-refractivity contribution < 1.29 is 12.8 Å². The van der Waals surface area contributed by atoms with Crippen LogP contribution in [0, 0.1) is 12.7 Å². The molecule has 0 fully saturated rings. The van der Waals surface area contributed by atoms with E-state index in [9.17, 15) is 12.8 Å². The molecule has 3 nitrogen and oxygen atoms in total. The van der Waals surface area contributed by atoms with Gasteiger partial charge in [-0.2, -0.15) is 4.31 Å². The Balaban J connectivity index is 1.97. The second-order valence-corrected chi connectivity index (χ2v) is 7.77. The minimum absolute atomic E-state index is 0.192. The van der Waals surface area contributed by atoms with Crippen LogP contribution in [-0.4, -0.2) is 19.3 Å².